The van der Waals surface area contributed by atoms with Crippen molar-refractivity contribution < 1.29 is 14.3 Å². The fourth-order valence-corrected chi connectivity index (χ4v) is 6.44. The second-order valence-electron chi connectivity index (χ2n) is 6.87. The highest BCUT2D eigenvalue weighted by molar-refractivity contribution is 8.03. The van der Waals surface area contributed by atoms with Crippen LogP contribution in [0.4, 0.5) is 0 Å². The first-order valence-corrected chi connectivity index (χ1v) is 10.4. The summed E-state index contributed by atoms with van der Waals surface area (Å²) in [4.78, 5) is 30.9. The molecule has 2 aliphatic heterocycles. The van der Waals surface area contributed by atoms with Crippen LogP contribution < -0.4 is 0 Å². The number of Topliss-reactive ketones (excluding diaryl/α,β-unsaturated/α-hetero) is 1. The zero-order chi connectivity index (χ0) is 19.0. The van der Waals surface area contributed by atoms with Crippen LogP contribution in [0.3, 0.4) is 0 Å². The highest BCUT2D eigenvalue weighted by Gasteiger charge is 2.61. The second-order valence-corrected chi connectivity index (χ2v) is 8.75. The van der Waals surface area contributed by atoms with E-state index >= 15 is 0 Å². The molecule has 2 heterocycles. The van der Waals surface area contributed by atoms with Crippen molar-refractivity contribution in [1.29, 1.82) is 0 Å². The summed E-state index contributed by atoms with van der Waals surface area (Å²) in [6, 6.07) is 7.01. The first kappa shape index (κ1) is 18.5. The number of halogens is 1. The average molecular weight is 402 g/mol. The fourth-order valence-electron chi connectivity index (χ4n) is 4.25. The number of esters is 1. The molecule has 0 amide bonds. The number of allylic oxidation sites excluding steroid dienone is 3. The van der Waals surface area contributed by atoms with Crippen molar-refractivity contribution in [1.82, 2.24) is 0 Å². The number of ketones is 1. The van der Waals surface area contributed by atoms with Crippen LogP contribution in [-0.4, -0.2) is 34.1 Å². The van der Waals surface area contributed by atoms with Crippen molar-refractivity contribution in [3.8, 4) is 0 Å². The van der Waals surface area contributed by atoms with Gasteiger partial charge in [-0.2, -0.15) is 0 Å². The van der Waals surface area contributed by atoms with Gasteiger partial charge in [0.1, 0.15) is 0 Å². The van der Waals surface area contributed by atoms with Gasteiger partial charge in [0.15, 0.2) is 5.78 Å². The Balaban J connectivity index is 1.78. The number of hydrogen-bond acceptors (Lipinski definition) is 5. The fraction of sp³-hybridized carbons (Fsp3) is 0.381. The normalized spacial score (nSPS) is 31.0. The molecule has 4 unspecified atom stereocenters. The molecule has 1 fully saturated rings. The standard InChI is InChI=1S/C21H20ClNO3S/c1-2-26-20(25)17-14-10-12-23-16-9-5-6-11-21(14,16)27-19(17)18(24)13-7-3-4-8-15(13)22/h3-8,10,12,14,17,19H,2,9,11H2,1H3. The zero-order valence-electron chi connectivity index (χ0n) is 14.9. The van der Waals surface area contributed by atoms with Crippen LogP contribution in [0.5, 0.6) is 0 Å². The van der Waals surface area contributed by atoms with E-state index in [1.165, 1.54) is 0 Å². The summed E-state index contributed by atoms with van der Waals surface area (Å²) in [6.07, 6.45) is 9.47. The van der Waals surface area contributed by atoms with Crippen LogP contribution in [0.1, 0.15) is 30.1 Å². The van der Waals surface area contributed by atoms with Gasteiger partial charge < -0.3 is 4.74 Å². The first-order chi connectivity index (χ1) is 13.1. The quantitative estimate of drug-likeness (QED) is 0.423. The van der Waals surface area contributed by atoms with Crippen LogP contribution >= 0.6 is 23.4 Å². The molecule has 1 aromatic carbocycles. The highest BCUT2D eigenvalue weighted by atomic mass is 35.5. The topological polar surface area (TPSA) is 55.7 Å². The van der Waals surface area contributed by atoms with Crippen LogP contribution in [0.15, 0.2) is 53.7 Å². The number of hydrogen-bond donors (Lipinski definition) is 0. The van der Waals surface area contributed by atoms with Gasteiger partial charge in [-0.15, -0.1) is 11.8 Å². The number of rotatable bonds is 4. The molecule has 1 aliphatic carbocycles. The van der Waals surface area contributed by atoms with E-state index in [4.69, 9.17) is 16.3 Å². The predicted molar refractivity (Wildman–Crippen MR) is 108 cm³/mol. The van der Waals surface area contributed by atoms with E-state index in [9.17, 15) is 9.59 Å². The largest absolute Gasteiger partial charge is 0.466 e. The van der Waals surface area contributed by atoms with Crippen molar-refractivity contribution >= 4 is 40.8 Å². The molecule has 1 spiro atoms. The highest BCUT2D eigenvalue weighted by Crippen LogP contribution is 2.58. The SMILES string of the molecule is CCOC(=O)C1C(C(=O)c2ccccc2Cl)SC23CC=CCC2=NC=CC13. The third-order valence-electron chi connectivity index (χ3n) is 5.46. The van der Waals surface area contributed by atoms with Crippen LogP contribution in [0.25, 0.3) is 0 Å². The molecule has 140 valence electrons. The van der Waals surface area contributed by atoms with E-state index in [0.29, 0.717) is 10.6 Å². The first-order valence-electron chi connectivity index (χ1n) is 9.10. The smallest absolute Gasteiger partial charge is 0.311 e. The van der Waals surface area contributed by atoms with Gasteiger partial charge in [0.25, 0.3) is 0 Å². The summed E-state index contributed by atoms with van der Waals surface area (Å²) < 4.78 is 5.01. The zero-order valence-corrected chi connectivity index (χ0v) is 16.5. The molecule has 6 heteroatoms. The van der Waals surface area contributed by atoms with E-state index in [1.54, 1.807) is 49.2 Å². The molecule has 0 radical (unpaired) electrons. The predicted octanol–water partition coefficient (Wildman–Crippen LogP) is 4.49. The van der Waals surface area contributed by atoms with Gasteiger partial charge in [0.05, 0.1) is 27.5 Å². The summed E-state index contributed by atoms with van der Waals surface area (Å²) in [5.41, 5.74) is 1.49. The van der Waals surface area contributed by atoms with Crippen LogP contribution in [0.2, 0.25) is 5.02 Å². The monoisotopic (exact) mass is 401 g/mol. The maximum Gasteiger partial charge on any atom is 0.311 e. The lowest BCUT2D eigenvalue weighted by Crippen LogP contribution is -2.44. The van der Waals surface area contributed by atoms with Gasteiger partial charge in [-0.05, 0) is 25.5 Å². The van der Waals surface area contributed by atoms with E-state index in [2.05, 4.69) is 17.1 Å². The third-order valence-corrected chi connectivity index (χ3v) is 7.64. The number of nitrogens with zero attached hydrogens (tertiary/aromatic N) is 1. The van der Waals surface area contributed by atoms with Crippen molar-refractivity contribution in [2.45, 2.75) is 29.8 Å². The lowest BCUT2D eigenvalue weighted by atomic mass is 9.72. The Hall–Kier alpha value is -1.85. The Morgan fingerprint density at radius 3 is 2.93 bits per heavy atom. The molecule has 27 heavy (non-hydrogen) atoms. The van der Waals surface area contributed by atoms with E-state index < -0.39 is 11.2 Å². The summed E-state index contributed by atoms with van der Waals surface area (Å²) in [7, 11) is 0. The molecule has 0 aromatic heterocycles. The number of benzene rings is 1. The summed E-state index contributed by atoms with van der Waals surface area (Å²) >= 11 is 7.84. The van der Waals surface area contributed by atoms with E-state index in [0.717, 1.165) is 18.6 Å². The lowest BCUT2D eigenvalue weighted by Gasteiger charge is -2.38. The molecule has 4 atom stereocenters. The molecular weight excluding hydrogens is 382 g/mol. The molecule has 0 saturated carbocycles. The minimum atomic E-state index is -0.549. The third kappa shape index (κ3) is 2.97. The van der Waals surface area contributed by atoms with Gasteiger partial charge in [-0.25, -0.2) is 0 Å². The molecule has 4 rings (SSSR count). The maximum atomic E-state index is 13.4. The summed E-state index contributed by atoms with van der Waals surface area (Å²) in [5, 5.41) is -0.139. The van der Waals surface area contributed by atoms with Gasteiger partial charge in [0, 0.05) is 29.8 Å². The second kappa shape index (κ2) is 7.28. The van der Waals surface area contributed by atoms with Gasteiger partial charge in [0.2, 0.25) is 0 Å². The number of aliphatic imine (C=N–C) groups is 1. The minimum absolute atomic E-state index is 0.115. The van der Waals surface area contributed by atoms with Gasteiger partial charge in [-0.3, -0.25) is 14.6 Å². The molecule has 4 nitrogen and oxygen atoms in total. The Kier molecular flexibility index (Phi) is 4.99. The number of thioether (sulfide) groups is 1. The molecule has 3 aliphatic rings. The van der Waals surface area contributed by atoms with E-state index in [1.807, 2.05) is 6.08 Å². The van der Waals surface area contributed by atoms with Crippen molar-refractivity contribution in [2.75, 3.05) is 6.61 Å². The molecular formula is C21H20ClNO3S. The van der Waals surface area contributed by atoms with Crippen LogP contribution in [0, 0.1) is 11.8 Å². The van der Waals surface area contributed by atoms with Crippen LogP contribution in [-0.2, 0) is 9.53 Å². The molecule has 1 aromatic rings. The van der Waals surface area contributed by atoms with Gasteiger partial charge in [-0.1, -0.05) is 42.0 Å². The van der Waals surface area contributed by atoms with Crippen molar-refractivity contribution in [2.24, 2.45) is 16.8 Å². The van der Waals surface area contributed by atoms with E-state index in [-0.39, 0.29) is 29.0 Å². The average Bonchev–Trinajstić information content (AvgIpc) is 3.02. The Labute approximate surface area is 167 Å². The molecule has 0 N–H and O–H groups in total. The summed E-state index contributed by atoms with van der Waals surface area (Å²) in [5.74, 6) is -1.10. The number of ether oxygens (including phenoxy) is 1. The van der Waals surface area contributed by atoms with Crippen molar-refractivity contribution in [3.63, 3.8) is 0 Å². The minimum Gasteiger partial charge on any atom is -0.466 e. The number of carbonyl (C=O) groups excluding carboxylic acids is 2. The Morgan fingerprint density at radius 2 is 2.15 bits per heavy atom. The van der Waals surface area contributed by atoms with Crippen molar-refractivity contribution in [3.05, 3.63) is 59.3 Å². The van der Waals surface area contributed by atoms with Gasteiger partial charge >= 0.3 is 5.97 Å². The number of carbonyl (C=O) groups is 2. The lowest BCUT2D eigenvalue weighted by molar-refractivity contribution is -0.148. The molecule has 0 bridgehead atoms. The molecule has 1 saturated heterocycles. The summed E-state index contributed by atoms with van der Waals surface area (Å²) in [6.45, 7) is 2.07. The Morgan fingerprint density at radius 1 is 1.33 bits per heavy atom. The maximum absolute atomic E-state index is 13.4. The Bertz CT molecular complexity index is 878.